The number of para-hydroxylation sites is 1. The van der Waals surface area contributed by atoms with E-state index >= 15 is 0 Å². The third kappa shape index (κ3) is 2.58. The molecule has 0 radical (unpaired) electrons. The first-order valence-electron chi connectivity index (χ1n) is 9.69. The molecule has 8 heteroatoms. The van der Waals surface area contributed by atoms with E-state index < -0.39 is 10.0 Å². The van der Waals surface area contributed by atoms with Crippen molar-refractivity contribution in [2.24, 2.45) is 0 Å². The number of hydrogen-bond acceptors (Lipinski definition) is 5. The monoisotopic (exact) mass is 399 g/mol. The van der Waals surface area contributed by atoms with Gasteiger partial charge in [0.05, 0.1) is 5.52 Å². The number of fused-ring (bicyclic) bond motifs is 3. The summed E-state index contributed by atoms with van der Waals surface area (Å²) in [6.45, 7) is 0. The molecule has 146 valence electrons. The Balaban J connectivity index is 1.49. The van der Waals surface area contributed by atoms with Gasteiger partial charge in [-0.15, -0.1) is 0 Å². The highest BCUT2D eigenvalue weighted by atomic mass is 32.2. The smallest absolute Gasteiger partial charge is 0.245 e. The minimum atomic E-state index is -3.72. The molecule has 0 saturated carbocycles. The second kappa shape index (κ2) is 6.35. The Morgan fingerprint density at radius 3 is 2.21 bits per heavy atom. The van der Waals surface area contributed by atoms with Gasteiger partial charge in [-0.3, -0.25) is 19.5 Å². The van der Waals surface area contributed by atoms with Crippen LogP contribution in [0.2, 0.25) is 0 Å². The van der Waals surface area contributed by atoms with E-state index in [0.717, 1.165) is 18.2 Å². The first-order valence-corrected chi connectivity index (χ1v) is 11.1. The normalized spacial score (nSPS) is 28.4. The van der Waals surface area contributed by atoms with Gasteiger partial charge in [0.15, 0.2) is 0 Å². The molecule has 28 heavy (non-hydrogen) atoms. The summed E-state index contributed by atoms with van der Waals surface area (Å²) in [6, 6.07) is 8.30. The van der Waals surface area contributed by atoms with Gasteiger partial charge in [0.2, 0.25) is 21.8 Å². The summed E-state index contributed by atoms with van der Waals surface area (Å²) in [4.78, 5) is 30.2. The van der Waals surface area contributed by atoms with E-state index in [0.29, 0.717) is 18.4 Å². The van der Waals surface area contributed by atoms with Crippen LogP contribution in [0.15, 0.2) is 41.4 Å². The summed E-state index contributed by atoms with van der Waals surface area (Å²) in [5, 5.41) is 0.791. The molecule has 0 spiro atoms. The van der Waals surface area contributed by atoms with E-state index in [1.54, 1.807) is 28.7 Å². The molecule has 3 aliphatic rings. The molecule has 0 N–H and O–H groups in total. The van der Waals surface area contributed by atoms with Crippen LogP contribution in [0.4, 0.5) is 0 Å². The van der Waals surface area contributed by atoms with Gasteiger partial charge in [-0.1, -0.05) is 18.2 Å². The number of imide groups is 1. The molecule has 3 fully saturated rings. The number of carbonyl (C=O) groups excluding carboxylic acids is 2. The highest BCUT2D eigenvalue weighted by Gasteiger charge is 2.50. The van der Waals surface area contributed by atoms with Crippen LogP contribution in [0.5, 0.6) is 0 Å². The molecule has 1 aromatic heterocycles. The van der Waals surface area contributed by atoms with E-state index in [1.165, 1.54) is 4.90 Å². The maximum Gasteiger partial charge on any atom is 0.245 e. The minimum absolute atomic E-state index is 0.121. The zero-order valence-corrected chi connectivity index (χ0v) is 16.1. The lowest BCUT2D eigenvalue weighted by molar-refractivity contribution is -0.142. The quantitative estimate of drug-likeness (QED) is 0.738. The van der Waals surface area contributed by atoms with Crippen molar-refractivity contribution in [1.29, 1.82) is 0 Å². The highest BCUT2D eigenvalue weighted by Crippen LogP contribution is 2.42. The molecule has 5 rings (SSSR count). The number of hydrogen-bond donors (Lipinski definition) is 0. The van der Waals surface area contributed by atoms with Crippen LogP contribution in [-0.4, -0.2) is 52.5 Å². The predicted molar refractivity (Wildman–Crippen MR) is 102 cm³/mol. The molecule has 0 aliphatic carbocycles. The van der Waals surface area contributed by atoms with Crippen molar-refractivity contribution in [3.8, 4) is 0 Å². The molecule has 2 unspecified atom stereocenters. The zero-order chi connectivity index (χ0) is 19.5. The van der Waals surface area contributed by atoms with Crippen LogP contribution in [0, 0.1) is 0 Å². The fourth-order valence-corrected chi connectivity index (χ4v) is 7.17. The van der Waals surface area contributed by atoms with E-state index in [4.69, 9.17) is 0 Å². The molecule has 1 aromatic carbocycles. The molecule has 2 bridgehead atoms. The fraction of sp³-hybridized carbons (Fsp3) is 0.450. The maximum absolute atomic E-state index is 13.6. The Labute approximate surface area is 163 Å². The van der Waals surface area contributed by atoms with Crippen LogP contribution < -0.4 is 0 Å². The minimum Gasteiger partial charge on any atom is -0.279 e. The average Bonchev–Trinajstić information content (AvgIpc) is 3.17. The molecule has 2 aromatic rings. The van der Waals surface area contributed by atoms with Gasteiger partial charge in [-0.05, 0) is 37.8 Å². The number of rotatable bonds is 3. The maximum atomic E-state index is 13.6. The Kier molecular flexibility index (Phi) is 4.03. The lowest BCUT2D eigenvalue weighted by atomic mass is 9.98. The van der Waals surface area contributed by atoms with Gasteiger partial charge in [0.1, 0.15) is 4.90 Å². The lowest BCUT2D eigenvalue weighted by Crippen LogP contribution is -2.53. The van der Waals surface area contributed by atoms with E-state index in [9.17, 15) is 18.0 Å². The zero-order valence-electron chi connectivity index (χ0n) is 15.3. The highest BCUT2D eigenvalue weighted by molar-refractivity contribution is 7.89. The first-order chi connectivity index (χ1) is 13.5. The van der Waals surface area contributed by atoms with Crippen molar-refractivity contribution >= 4 is 32.7 Å². The topological polar surface area (TPSA) is 87.7 Å². The Morgan fingerprint density at radius 2 is 1.54 bits per heavy atom. The average molecular weight is 399 g/mol. The Hall–Kier alpha value is -2.32. The number of pyridine rings is 1. The summed E-state index contributed by atoms with van der Waals surface area (Å²) >= 11 is 0. The number of benzene rings is 1. The predicted octanol–water partition coefficient (Wildman–Crippen LogP) is 2.07. The standard InChI is InChI=1S/C20H21N3O4S/c24-18-8-9-19(25)22(18)16-11-14-6-7-15(12-16)23(14)28(26,27)17-5-1-3-13-4-2-10-21-20(13)17/h1-5,10,14-16H,6-9,11-12H2. The number of sulfonamides is 1. The molecule has 2 atom stereocenters. The summed E-state index contributed by atoms with van der Waals surface area (Å²) in [6.07, 6.45) is 4.70. The number of likely N-dealkylation sites (tertiary alicyclic amines) is 1. The van der Waals surface area contributed by atoms with E-state index in [1.807, 2.05) is 12.1 Å². The number of nitrogens with zero attached hydrogens (tertiary/aromatic N) is 3. The summed E-state index contributed by atoms with van der Waals surface area (Å²) < 4.78 is 28.7. The van der Waals surface area contributed by atoms with Gasteiger partial charge in [-0.25, -0.2) is 8.42 Å². The summed E-state index contributed by atoms with van der Waals surface area (Å²) in [5.41, 5.74) is 0.483. The third-order valence-corrected chi connectivity index (χ3v) is 8.28. The fourth-order valence-electron chi connectivity index (χ4n) is 5.11. The summed E-state index contributed by atoms with van der Waals surface area (Å²) in [7, 11) is -3.72. The molecule has 3 saturated heterocycles. The van der Waals surface area contributed by atoms with Gasteiger partial charge in [0, 0.05) is 42.6 Å². The van der Waals surface area contributed by atoms with Crippen molar-refractivity contribution in [2.75, 3.05) is 0 Å². The molecular weight excluding hydrogens is 378 g/mol. The summed E-state index contributed by atoms with van der Waals surface area (Å²) in [5.74, 6) is -0.243. The van der Waals surface area contributed by atoms with Crippen LogP contribution in [-0.2, 0) is 19.6 Å². The Morgan fingerprint density at radius 1 is 0.893 bits per heavy atom. The van der Waals surface area contributed by atoms with E-state index in [-0.39, 0.29) is 47.7 Å². The lowest BCUT2D eigenvalue weighted by Gasteiger charge is -2.40. The molecule has 4 heterocycles. The number of aromatic nitrogens is 1. The number of amides is 2. The molecule has 7 nitrogen and oxygen atoms in total. The van der Waals surface area contributed by atoms with Gasteiger partial charge in [0.25, 0.3) is 0 Å². The second-order valence-corrected chi connectivity index (χ2v) is 9.65. The van der Waals surface area contributed by atoms with Crippen molar-refractivity contribution in [2.45, 2.75) is 61.5 Å². The van der Waals surface area contributed by atoms with Crippen molar-refractivity contribution in [1.82, 2.24) is 14.2 Å². The Bertz CT molecular complexity index is 1050. The van der Waals surface area contributed by atoms with E-state index in [2.05, 4.69) is 4.98 Å². The largest absolute Gasteiger partial charge is 0.279 e. The van der Waals surface area contributed by atoms with Crippen molar-refractivity contribution < 1.29 is 18.0 Å². The molecule has 2 amide bonds. The molecule has 3 aliphatic heterocycles. The first kappa shape index (κ1) is 17.8. The second-order valence-electron chi connectivity index (χ2n) is 7.83. The van der Waals surface area contributed by atoms with Gasteiger partial charge >= 0.3 is 0 Å². The van der Waals surface area contributed by atoms with Crippen LogP contribution in [0.3, 0.4) is 0 Å². The van der Waals surface area contributed by atoms with Gasteiger partial charge in [-0.2, -0.15) is 4.31 Å². The van der Waals surface area contributed by atoms with Crippen LogP contribution >= 0.6 is 0 Å². The third-order valence-electron chi connectivity index (χ3n) is 6.25. The molecular formula is C20H21N3O4S. The van der Waals surface area contributed by atoms with Crippen molar-refractivity contribution in [3.63, 3.8) is 0 Å². The van der Waals surface area contributed by atoms with Crippen molar-refractivity contribution in [3.05, 3.63) is 36.5 Å². The van der Waals surface area contributed by atoms with Gasteiger partial charge < -0.3 is 0 Å². The SMILES string of the molecule is O=C1CCC(=O)N1C1CC2CCC(C1)N2S(=O)(=O)c1cccc2cccnc12. The van der Waals surface area contributed by atoms with Crippen LogP contribution in [0.25, 0.3) is 10.9 Å². The van der Waals surface area contributed by atoms with Crippen LogP contribution in [0.1, 0.15) is 38.5 Å². The number of carbonyl (C=O) groups is 2. The number of piperidine rings is 1.